The maximum atomic E-state index is 12.4. The Kier molecular flexibility index (Phi) is 4.56. The molecule has 3 saturated heterocycles. The molecule has 0 bridgehead atoms. The quantitative estimate of drug-likeness (QED) is 0.810. The van der Waals surface area contributed by atoms with Gasteiger partial charge in [-0.1, -0.05) is 6.07 Å². The third-order valence-corrected chi connectivity index (χ3v) is 5.69. The van der Waals surface area contributed by atoms with E-state index >= 15 is 0 Å². The van der Waals surface area contributed by atoms with Crippen molar-refractivity contribution < 1.29 is 19.1 Å². The minimum absolute atomic E-state index is 0.107. The molecule has 1 atom stereocenters. The van der Waals surface area contributed by atoms with E-state index in [0.29, 0.717) is 32.1 Å². The number of rotatable bonds is 2. The second-order valence-corrected chi connectivity index (χ2v) is 7.47. The van der Waals surface area contributed by atoms with E-state index in [-0.39, 0.29) is 17.9 Å². The normalized spacial score (nSPS) is 25.4. The fourth-order valence-electron chi connectivity index (χ4n) is 4.13. The van der Waals surface area contributed by atoms with Crippen LogP contribution in [0.15, 0.2) is 18.2 Å². The van der Waals surface area contributed by atoms with Crippen molar-refractivity contribution in [1.29, 1.82) is 0 Å². The van der Waals surface area contributed by atoms with E-state index in [1.54, 1.807) is 11.8 Å². The summed E-state index contributed by atoms with van der Waals surface area (Å²) >= 11 is 0. The predicted octanol–water partition coefficient (Wildman–Crippen LogP) is 2.31. The van der Waals surface area contributed by atoms with Crippen LogP contribution in [0.1, 0.15) is 44.2 Å². The maximum Gasteiger partial charge on any atom is 0.416 e. The monoisotopic (exact) mass is 359 g/mol. The molecular weight excluding hydrogens is 334 g/mol. The lowest BCUT2D eigenvalue weighted by Gasteiger charge is -2.32. The molecule has 0 radical (unpaired) electrons. The van der Waals surface area contributed by atoms with Crippen LogP contribution < -0.4 is 4.90 Å². The van der Waals surface area contributed by atoms with Crippen LogP contribution >= 0.6 is 0 Å². The zero-order valence-corrected chi connectivity index (χ0v) is 15.1. The van der Waals surface area contributed by atoms with Gasteiger partial charge in [-0.2, -0.15) is 0 Å². The number of piperidine rings is 1. The average molecular weight is 359 g/mol. The molecule has 140 valence electrons. The van der Waals surface area contributed by atoms with Gasteiger partial charge in [0.15, 0.2) is 0 Å². The van der Waals surface area contributed by atoms with E-state index in [4.69, 9.17) is 14.5 Å². The average Bonchev–Trinajstić information content (AvgIpc) is 2.98. The number of amides is 2. The minimum Gasteiger partial charge on any atom is -0.440 e. The standard InChI is InChI=1S/C19H25N3O4/c1-14(23)21-9-3-4-15(12-21)16-5-2-6-17(20-16)22-13-19(26-18(22)24)7-10-25-11-8-19/h2,5-6,15H,3-4,7-13H2,1H3/t15-/m1/s1. The Morgan fingerprint density at radius 2 is 2.12 bits per heavy atom. The molecule has 1 aromatic heterocycles. The number of hydrogen-bond donors (Lipinski definition) is 0. The molecule has 7 heteroatoms. The molecule has 0 aliphatic carbocycles. The van der Waals surface area contributed by atoms with Crippen LogP contribution in [0.2, 0.25) is 0 Å². The molecule has 1 aromatic rings. The highest BCUT2D eigenvalue weighted by molar-refractivity contribution is 5.89. The van der Waals surface area contributed by atoms with Gasteiger partial charge in [-0.3, -0.25) is 9.69 Å². The summed E-state index contributed by atoms with van der Waals surface area (Å²) in [6.45, 7) is 4.89. The van der Waals surface area contributed by atoms with Gasteiger partial charge in [-0.25, -0.2) is 9.78 Å². The number of anilines is 1. The number of aromatic nitrogens is 1. The molecule has 3 aliphatic rings. The van der Waals surface area contributed by atoms with Gasteiger partial charge in [0.05, 0.1) is 19.8 Å². The molecular formula is C19H25N3O4. The topological polar surface area (TPSA) is 72.0 Å². The van der Waals surface area contributed by atoms with E-state index in [0.717, 1.165) is 37.9 Å². The first-order valence-electron chi connectivity index (χ1n) is 9.37. The van der Waals surface area contributed by atoms with Crippen LogP contribution in [-0.4, -0.2) is 60.3 Å². The van der Waals surface area contributed by atoms with Crippen LogP contribution in [0, 0.1) is 0 Å². The molecule has 3 aliphatic heterocycles. The molecule has 0 unspecified atom stereocenters. The van der Waals surface area contributed by atoms with Crippen LogP contribution in [0.4, 0.5) is 10.6 Å². The van der Waals surface area contributed by atoms with Crippen molar-refractivity contribution in [2.75, 3.05) is 37.7 Å². The summed E-state index contributed by atoms with van der Waals surface area (Å²) < 4.78 is 11.1. The van der Waals surface area contributed by atoms with Gasteiger partial charge in [0.25, 0.3) is 0 Å². The zero-order valence-electron chi connectivity index (χ0n) is 15.1. The molecule has 26 heavy (non-hydrogen) atoms. The van der Waals surface area contributed by atoms with Gasteiger partial charge in [0, 0.05) is 44.5 Å². The molecule has 4 rings (SSSR count). The van der Waals surface area contributed by atoms with Crippen molar-refractivity contribution in [3.05, 3.63) is 23.9 Å². The summed E-state index contributed by atoms with van der Waals surface area (Å²) in [5, 5.41) is 0. The summed E-state index contributed by atoms with van der Waals surface area (Å²) in [5.41, 5.74) is 0.498. The molecule has 0 aromatic carbocycles. The number of nitrogens with zero attached hydrogens (tertiary/aromatic N) is 3. The molecule has 0 saturated carbocycles. The highest BCUT2D eigenvalue weighted by atomic mass is 16.6. The van der Waals surface area contributed by atoms with Crippen molar-refractivity contribution in [2.45, 2.75) is 44.1 Å². The Labute approximate surface area is 153 Å². The molecule has 1 spiro atoms. The smallest absolute Gasteiger partial charge is 0.416 e. The van der Waals surface area contributed by atoms with Gasteiger partial charge < -0.3 is 14.4 Å². The van der Waals surface area contributed by atoms with Gasteiger partial charge >= 0.3 is 6.09 Å². The number of carbonyl (C=O) groups excluding carboxylic acids is 2. The number of pyridine rings is 1. The Hall–Kier alpha value is -2.15. The largest absolute Gasteiger partial charge is 0.440 e. The first-order valence-corrected chi connectivity index (χ1v) is 9.37. The van der Waals surface area contributed by atoms with Crippen molar-refractivity contribution >= 4 is 17.8 Å². The lowest BCUT2D eigenvalue weighted by molar-refractivity contribution is -0.130. The van der Waals surface area contributed by atoms with Crippen LogP contribution in [0.3, 0.4) is 0 Å². The summed E-state index contributed by atoms with van der Waals surface area (Å²) in [7, 11) is 0. The molecule has 3 fully saturated rings. The SMILES string of the molecule is CC(=O)N1CCC[C@@H](c2cccc(N3CC4(CCOCC4)OC3=O)n2)C1. The molecule has 2 amide bonds. The zero-order chi connectivity index (χ0) is 18.1. The highest BCUT2D eigenvalue weighted by Crippen LogP contribution is 2.35. The van der Waals surface area contributed by atoms with Gasteiger partial charge in [0.2, 0.25) is 5.91 Å². The number of carbonyl (C=O) groups is 2. The van der Waals surface area contributed by atoms with E-state index in [1.165, 1.54) is 0 Å². The highest BCUT2D eigenvalue weighted by Gasteiger charge is 2.47. The van der Waals surface area contributed by atoms with Crippen LogP contribution in [-0.2, 0) is 14.3 Å². The van der Waals surface area contributed by atoms with Crippen molar-refractivity contribution in [3.8, 4) is 0 Å². The summed E-state index contributed by atoms with van der Waals surface area (Å²) in [5.74, 6) is 0.953. The maximum absolute atomic E-state index is 12.4. The van der Waals surface area contributed by atoms with E-state index in [1.807, 2.05) is 23.1 Å². The van der Waals surface area contributed by atoms with Crippen LogP contribution in [0.25, 0.3) is 0 Å². The number of likely N-dealkylation sites (tertiary alicyclic amines) is 1. The first kappa shape index (κ1) is 17.3. The lowest BCUT2D eigenvalue weighted by Crippen LogP contribution is -2.40. The second-order valence-electron chi connectivity index (χ2n) is 7.47. The summed E-state index contributed by atoms with van der Waals surface area (Å²) in [6, 6.07) is 5.78. The third-order valence-electron chi connectivity index (χ3n) is 5.69. The Morgan fingerprint density at radius 1 is 1.31 bits per heavy atom. The summed E-state index contributed by atoms with van der Waals surface area (Å²) in [6.07, 6.45) is 3.11. The Balaban J connectivity index is 1.52. The second kappa shape index (κ2) is 6.87. The van der Waals surface area contributed by atoms with Gasteiger partial charge in [0.1, 0.15) is 11.4 Å². The van der Waals surface area contributed by atoms with Gasteiger partial charge in [-0.15, -0.1) is 0 Å². The van der Waals surface area contributed by atoms with Gasteiger partial charge in [-0.05, 0) is 25.0 Å². The van der Waals surface area contributed by atoms with Crippen molar-refractivity contribution in [2.24, 2.45) is 0 Å². The number of ether oxygens (including phenoxy) is 2. The predicted molar refractivity (Wildman–Crippen MR) is 95.1 cm³/mol. The van der Waals surface area contributed by atoms with E-state index < -0.39 is 5.60 Å². The fourth-order valence-corrected chi connectivity index (χ4v) is 4.13. The number of hydrogen-bond acceptors (Lipinski definition) is 5. The van der Waals surface area contributed by atoms with E-state index in [2.05, 4.69) is 0 Å². The Bertz CT molecular complexity index is 702. The van der Waals surface area contributed by atoms with Crippen LogP contribution in [0.5, 0.6) is 0 Å². The molecule has 7 nitrogen and oxygen atoms in total. The Morgan fingerprint density at radius 3 is 2.88 bits per heavy atom. The summed E-state index contributed by atoms with van der Waals surface area (Å²) in [4.78, 5) is 32.4. The third kappa shape index (κ3) is 3.28. The first-order chi connectivity index (χ1) is 12.6. The molecule has 0 N–H and O–H groups in total. The fraction of sp³-hybridized carbons (Fsp3) is 0.632. The minimum atomic E-state index is -0.441. The van der Waals surface area contributed by atoms with E-state index in [9.17, 15) is 9.59 Å². The van der Waals surface area contributed by atoms with Crippen molar-refractivity contribution in [1.82, 2.24) is 9.88 Å². The lowest BCUT2D eigenvalue weighted by atomic mass is 9.94. The van der Waals surface area contributed by atoms with Crippen molar-refractivity contribution in [3.63, 3.8) is 0 Å². The molecule has 4 heterocycles.